The molecule has 2 heterocycles. The molecule has 0 saturated carbocycles. The quantitative estimate of drug-likeness (QED) is 0.875. The molecule has 0 aliphatic rings. The summed E-state index contributed by atoms with van der Waals surface area (Å²) in [5.41, 5.74) is 0. The minimum absolute atomic E-state index is 0.0669. The molecule has 2 amide bonds. The first-order valence-electron chi connectivity index (χ1n) is 5.96. The third kappa shape index (κ3) is 3.27. The first-order chi connectivity index (χ1) is 9.06. The molecule has 2 N–H and O–H groups in total. The summed E-state index contributed by atoms with van der Waals surface area (Å²) in [5.74, 6) is 1.91. The van der Waals surface area contributed by atoms with Crippen LogP contribution in [-0.4, -0.2) is 31.6 Å². The Hall–Kier alpha value is -2.44. The number of urea groups is 1. The van der Waals surface area contributed by atoms with E-state index in [1.807, 2.05) is 25.3 Å². The SMILES string of the molecule is Cc1nccn1-c1cc(NC(=O)NC(C)C)ncn1. The van der Waals surface area contributed by atoms with E-state index in [0.717, 1.165) is 5.82 Å². The molecule has 0 unspecified atom stereocenters. The highest BCUT2D eigenvalue weighted by Gasteiger charge is 2.07. The number of hydrogen-bond acceptors (Lipinski definition) is 4. The summed E-state index contributed by atoms with van der Waals surface area (Å²) in [5, 5.41) is 5.39. The molecule has 0 bridgehead atoms. The Morgan fingerprint density at radius 3 is 2.74 bits per heavy atom. The van der Waals surface area contributed by atoms with E-state index in [9.17, 15) is 4.79 Å². The molecule has 0 aromatic carbocycles. The number of imidazole rings is 1. The van der Waals surface area contributed by atoms with E-state index in [2.05, 4.69) is 25.6 Å². The van der Waals surface area contributed by atoms with Crippen molar-refractivity contribution in [3.8, 4) is 5.82 Å². The Labute approximate surface area is 111 Å². The molecule has 0 saturated heterocycles. The van der Waals surface area contributed by atoms with Crippen LogP contribution >= 0.6 is 0 Å². The number of carbonyl (C=O) groups is 1. The minimum atomic E-state index is -0.290. The molecular formula is C12H16N6O. The van der Waals surface area contributed by atoms with E-state index in [0.29, 0.717) is 11.6 Å². The highest BCUT2D eigenvalue weighted by atomic mass is 16.2. The van der Waals surface area contributed by atoms with E-state index < -0.39 is 0 Å². The highest BCUT2D eigenvalue weighted by Crippen LogP contribution is 2.10. The lowest BCUT2D eigenvalue weighted by Gasteiger charge is -2.10. The standard InChI is InChI=1S/C12H16N6O/c1-8(2)16-12(19)17-10-6-11(15-7-14-10)18-5-4-13-9(18)3/h4-8H,1-3H3,(H2,14,15,16,17,19). The molecule has 0 radical (unpaired) electrons. The van der Waals surface area contributed by atoms with Gasteiger partial charge in [0.1, 0.15) is 23.8 Å². The number of anilines is 1. The summed E-state index contributed by atoms with van der Waals surface area (Å²) < 4.78 is 1.81. The number of hydrogen-bond donors (Lipinski definition) is 2. The number of aryl methyl sites for hydroxylation is 1. The molecule has 19 heavy (non-hydrogen) atoms. The maximum Gasteiger partial charge on any atom is 0.320 e. The van der Waals surface area contributed by atoms with Crippen molar-refractivity contribution < 1.29 is 4.79 Å². The monoisotopic (exact) mass is 260 g/mol. The van der Waals surface area contributed by atoms with Crippen molar-refractivity contribution in [2.24, 2.45) is 0 Å². The van der Waals surface area contributed by atoms with Crippen molar-refractivity contribution in [3.05, 3.63) is 30.6 Å². The van der Waals surface area contributed by atoms with Crippen LogP contribution in [0, 0.1) is 6.92 Å². The van der Waals surface area contributed by atoms with Crippen LogP contribution in [0.4, 0.5) is 10.6 Å². The maximum atomic E-state index is 11.6. The predicted octanol–water partition coefficient (Wildman–Crippen LogP) is 1.50. The smallest absolute Gasteiger partial charge is 0.320 e. The van der Waals surface area contributed by atoms with Crippen molar-refractivity contribution >= 4 is 11.8 Å². The van der Waals surface area contributed by atoms with Gasteiger partial charge in [-0.3, -0.25) is 9.88 Å². The second kappa shape index (κ2) is 5.47. The first kappa shape index (κ1) is 13.0. The molecule has 0 aliphatic carbocycles. The van der Waals surface area contributed by atoms with Crippen molar-refractivity contribution in [1.29, 1.82) is 0 Å². The van der Waals surface area contributed by atoms with Crippen molar-refractivity contribution in [2.45, 2.75) is 26.8 Å². The Morgan fingerprint density at radius 1 is 1.32 bits per heavy atom. The van der Waals surface area contributed by atoms with Gasteiger partial charge >= 0.3 is 6.03 Å². The molecule has 2 rings (SSSR count). The van der Waals surface area contributed by atoms with Gasteiger partial charge in [0.15, 0.2) is 0 Å². The fraction of sp³-hybridized carbons (Fsp3) is 0.333. The van der Waals surface area contributed by atoms with Crippen LogP contribution in [0.5, 0.6) is 0 Å². The van der Waals surface area contributed by atoms with Crippen LogP contribution in [0.2, 0.25) is 0 Å². The number of nitrogens with zero attached hydrogens (tertiary/aromatic N) is 4. The van der Waals surface area contributed by atoms with E-state index in [-0.39, 0.29) is 12.1 Å². The zero-order chi connectivity index (χ0) is 13.8. The third-order valence-electron chi connectivity index (χ3n) is 2.39. The average molecular weight is 260 g/mol. The van der Waals surface area contributed by atoms with Gasteiger partial charge < -0.3 is 5.32 Å². The van der Waals surface area contributed by atoms with Gasteiger partial charge in [-0.1, -0.05) is 0 Å². The van der Waals surface area contributed by atoms with Gasteiger partial charge in [0, 0.05) is 24.5 Å². The fourth-order valence-corrected chi connectivity index (χ4v) is 1.58. The molecule has 100 valence electrons. The largest absolute Gasteiger partial charge is 0.336 e. The maximum absolute atomic E-state index is 11.6. The molecular weight excluding hydrogens is 244 g/mol. The fourth-order valence-electron chi connectivity index (χ4n) is 1.58. The van der Waals surface area contributed by atoms with Gasteiger partial charge in [0.25, 0.3) is 0 Å². The molecule has 0 spiro atoms. The summed E-state index contributed by atoms with van der Waals surface area (Å²) in [6.45, 7) is 5.65. The Morgan fingerprint density at radius 2 is 2.11 bits per heavy atom. The van der Waals surface area contributed by atoms with Gasteiger partial charge in [-0.25, -0.2) is 19.7 Å². The van der Waals surface area contributed by atoms with Crippen LogP contribution in [-0.2, 0) is 0 Å². The van der Waals surface area contributed by atoms with Crippen LogP contribution < -0.4 is 10.6 Å². The van der Waals surface area contributed by atoms with Crippen LogP contribution in [0.3, 0.4) is 0 Å². The minimum Gasteiger partial charge on any atom is -0.336 e. The number of aromatic nitrogens is 4. The lowest BCUT2D eigenvalue weighted by atomic mass is 10.4. The van der Waals surface area contributed by atoms with E-state index in [1.54, 1.807) is 18.5 Å². The number of rotatable bonds is 3. The zero-order valence-corrected chi connectivity index (χ0v) is 11.1. The lowest BCUT2D eigenvalue weighted by Crippen LogP contribution is -2.34. The highest BCUT2D eigenvalue weighted by molar-refractivity contribution is 5.88. The van der Waals surface area contributed by atoms with Crippen molar-refractivity contribution in [3.63, 3.8) is 0 Å². The average Bonchev–Trinajstić information content (AvgIpc) is 2.74. The summed E-state index contributed by atoms with van der Waals surface area (Å²) >= 11 is 0. The number of nitrogens with one attached hydrogen (secondary N) is 2. The topological polar surface area (TPSA) is 84.7 Å². The van der Waals surface area contributed by atoms with Crippen molar-refractivity contribution in [2.75, 3.05) is 5.32 Å². The second-order valence-corrected chi connectivity index (χ2v) is 4.36. The van der Waals surface area contributed by atoms with Gasteiger partial charge in [-0.2, -0.15) is 0 Å². The normalized spacial score (nSPS) is 10.5. The zero-order valence-electron chi connectivity index (χ0n) is 11.1. The number of amides is 2. The van der Waals surface area contributed by atoms with E-state index >= 15 is 0 Å². The van der Waals surface area contributed by atoms with Crippen LogP contribution in [0.25, 0.3) is 5.82 Å². The van der Waals surface area contributed by atoms with Crippen LogP contribution in [0.15, 0.2) is 24.8 Å². The predicted molar refractivity (Wildman–Crippen MR) is 71.2 cm³/mol. The molecule has 2 aromatic heterocycles. The Bertz CT molecular complexity index is 577. The van der Waals surface area contributed by atoms with Crippen LogP contribution in [0.1, 0.15) is 19.7 Å². The Kier molecular flexibility index (Phi) is 3.74. The van der Waals surface area contributed by atoms with E-state index in [1.165, 1.54) is 6.33 Å². The number of carbonyl (C=O) groups excluding carboxylic acids is 1. The van der Waals surface area contributed by atoms with Gasteiger partial charge in [-0.05, 0) is 20.8 Å². The molecule has 2 aromatic rings. The molecule has 7 nitrogen and oxygen atoms in total. The summed E-state index contributed by atoms with van der Waals surface area (Å²) in [6.07, 6.45) is 4.89. The molecule has 0 atom stereocenters. The van der Waals surface area contributed by atoms with Gasteiger partial charge in [-0.15, -0.1) is 0 Å². The molecule has 0 aliphatic heterocycles. The first-order valence-corrected chi connectivity index (χ1v) is 5.96. The summed E-state index contributed by atoms with van der Waals surface area (Å²) in [7, 11) is 0. The molecule has 7 heteroatoms. The van der Waals surface area contributed by atoms with Gasteiger partial charge in [0.2, 0.25) is 0 Å². The lowest BCUT2D eigenvalue weighted by molar-refractivity contribution is 0.250. The van der Waals surface area contributed by atoms with Gasteiger partial charge in [0.05, 0.1) is 0 Å². The third-order valence-corrected chi connectivity index (χ3v) is 2.39. The van der Waals surface area contributed by atoms with Crippen molar-refractivity contribution in [1.82, 2.24) is 24.8 Å². The molecule has 0 fully saturated rings. The summed E-state index contributed by atoms with van der Waals surface area (Å²) in [6, 6.07) is 1.47. The van der Waals surface area contributed by atoms with E-state index in [4.69, 9.17) is 0 Å². The Balaban J connectivity index is 2.16. The summed E-state index contributed by atoms with van der Waals surface area (Å²) in [4.78, 5) is 23.9. The second-order valence-electron chi connectivity index (χ2n) is 4.36.